The van der Waals surface area contributed by atoms with Crippen LogP contribution in [0.15, 0.2) is 67.4 Å². The van der Waals surface area contributed by atoms with E-state index in [9.17, 15) is 0 Å². The average Bonchev–Trinajstić information content (AvgIpc) is 3.50. The van der Waals surface area contributed by atoms with Gasteiger partial charge in [0.25, 0.3) is 0 Å². The lowest BCUT2D eigenvalue weighted by molar-refractivity contribution is 0.417. The minimum absolute atomic E-state index is 0.708. The van der Waals surface area contributed by atoms with Crippen molar-refractivity contribution in [1.29, 1.82) is 0 Å². The van der Waals surface area contributed by atoms with Gasteiger partial charge in [0, 0.05) is 36.8 Å². The van der Waals surface area contributed by atoms with Crippen molar-refractivity contribution in [3.05, 3.63) is 84.2 Å². The molecule has 0 saturated carbocycles. The number of ether oxygens (including phenoxy) is 1. The molecule has 0 aliphatic rings. The van der Waals surface area contributed by atoms with Gasteiger partial charge < -0.3 is 4.74 Å². The van der Waals surface area contributed by atoms with Crippen molar-refractivity contribution in [2.45, 2.75) is 6.92 Å². The maximum atomic E-state index is 5.66. The van der Waals surface area contributed by atoms with Gasteiger partial charge in [0.2, 0.25) is 0 Å². The largest absolute Gasteiger partial charge is 0.494 e. The second kappa shape index (κ2) is 7.50. The number of rotatable bonds is 3. The summed E-state index contributed by atoms with van der Waals surface area (Å²) < 4.78 is 11.1. The van der Waals surface area contributed by atoms with Gasteiger partial charge >= 0.3 is 0 Å². The summed E-state index contributed by atoms with van der Waals surface area (Å²) in [6.45, 7) is 1.96. The summed E-state index contributed by atoms with van der Waals surface area (Å²) in [5.41, 5.74) is 6.33. The lowest BCUT2D eigenvalue weighted by Crippen LogP contribution is -1.94. The van der Waals surface area contributed by atoms with Crippen molar-refractivity contribution in [1.82, 2.24) is 29.2 Å². The van der Waals surface area contributed by atoms with Crippen LogP contribution in [0.25, 0.3) is 22.3 Å². The molecular formula is C24H20N6O. The van der Waals surface area contributed by atoms with Crippen molar-refractivity contribution >= 4 is 5.52 Å². The fraction of sp³-hybridized carbons (Fsp3) is 0.125. The average molecular weight is 408 g/mol. The van der Waals surface area contributed by atoms with E-state index in [1.54, 1.807) is 22.5 Å². The van der Waals surface area contributed by atoms with Gasteiger partial charge in [-0.2, -0.15) is 15.3 Å². The van der Waals surface area contributed by atoms with Crippen LogP contribution in [0, 0.1) is 18.8 Å². The monoisotopic (exact) mass is 408 g/mol. The topological polar surface area (TPSA) is 62.2 Å². The molecule has 0 amide bonds. The number of pyridine rings is 1. The van der Waals surface area contributed by atoms with Gasteiger partial charge in [-0.25, -0.2) is 9.20 Å². The molecule has 0 spiro atoms. The van der Waals surface area contributed by atoms with Gasteiger partial charge in [0.15, 0.2) is 0 Å². The molecule has 0 atom stereocenters. The van der Waals surface area contributed by atoms with Crippen LogP contribution in [0.5, 0.6) is 5.75 Å². The zero-order valence-corrected chi connectivity index (χ0v) is 17.4. The number of aromatic nitrogens is 6. The van der Waals surface area contributed by atoms with Crippen LogP contribution in [-0.2, 0) is 7.05 Å². The number of hydrogen-bond acceptors (Lipinski definition) is 4. The van der Waals surface area contributed by atoms with Crippen LogP contribution in [-0.4, -0.2) is 36.3 Å². The highest BCUT2D eigenvalue weighted by Gasteiger charge is 2.13. The maximum Gasteiger partial charge on any atom is 0.146 e. The summed E-state index contributed by atoms with van der Waals surface area (Å²) in [6, 6.07) is 12.0. The first-order valence-corrected chi connectivity index (χ1v) is 9.80. The van der Waals surface area contributed by atoms with E-state index >= 15 is 0 Å². The highest BCUT2D eigenvalue weighted by Crippen LogP contribution is 2.29. The summed E-state index contributed by atoms with van der Waals surface area (Å²) in [5, 5.41) is 13.3. The second-order valence-corrected chi connectivity index (χ2v) is 7.21. The Morgan fingerprint density at radius 1 is 0.903 bits per heavy atom. The van der Waals surface area contributed by atoms with Gasteiger partial charge in [-0.15, -0.1) is 0 Å². The Balaban J connectivity index is 1.54. The minimum atomic E-state index is 0.708. The summed E-state index contributed by atoms with van der Waals surface area (Å²) in [7, 11) is 3.55. The standard InChI is InChI=1S/C24H20N6O/c1-17-19(15-29(27-17)22-7-5-4-6-8-22)10-9-18-12-26-30-16-20(11-23(31-3)24(18)30)21-13-25-28(2)14-21/h4-8,11-16H,1-3H3. The third-order valence-electron chi connectivity index (χ3n) is 5.09. The van der Waals surface area contributed by atoms with E-state index in [1.165, 1.54) is 0 Å². The van der Waals surface area contributed by atoms with Gasteiger partial charge in [0.1, 0.15) is 11.3 Å². The molecule has 0 aliphatic carbocycles. The van der Waals surface area contributed by atoms with E-state index in [0.29, 0.717) is 5.75 Å². The highest BCUT2D eigenvalue weighted by atomic mass is 16.5. The summed E-state index contributed by atoms with van der Waals surface area (Å²) in [5.74, 6) is 7.20. The molecule has 4 aromatic heterocycles. The zero-order chi connectivity index (χ0) is 21.4. The maximum absolute atomic E-state index is 5.66. The van der Waals surface area contributed by atoms with E-state index in [1.807, 2.05) is 79.8 Å². The molecule has 0 unspecified atom stereocenters. The predicted molar refractivity (Wildman–Crippen MR) is 118 cm³/mol. The normalized spacial score (nSPS) is 10.8. The van der Waals surface area contributed by atoms with Crippen molar-refractivity contribution < 1.29 is 4.74 Å². The van der Waals surface area contributed by atoms with Crippen molar-refractivity contribution in [2.75, 3.05) is 7.11 Å². The summed E-state index contributed by atoms with van der Waals surface area (Å²) in [6.07, 6.45) is 9.44. The summed E-state index contributed by atoms with van der Waals surface area (Å²) in [4.78, 5) is 0. The second-order valence-electron chi connectivity index (χ2n) is 7.21. The SMILES string of the molecule is COc1cc(-c2cnn(C)c2)cn2ncc(C#Cc3cn(-c4ccccc4)nc3C)c12. The Morgan fingerprint density at radius 2 is 1.71 bits per heavy atom. The van der Waals surface area contributed by atoms with Crippen LogP contribution in [0.2, 0.25) is 0 Å². The van der Waals surface area contributed by atoms with E-state index in [2.05, 4.69) is 27.1 Å². The molecule has 7 heteroatoms. The van der Waals surface area contributed by atoms with Crippen molar-refractivity contribution in [2.24, 2.45) is 7.05 Å². The Labute approximate surface area is 179 Å². The first-order valence-electron chi connectivity index (χ1n) is 9.80. The quantitative estimate of drug-likeness (QED) is 0.428. The predicted octanol–water partition coefficient (Wildman–Crippen LogP) is 3.64. The summed E-state index contributed by atoms with van der Waals surface area (Å²) >= 11 is 0. The van der Waals surface area contributed by atoms with Crippen LogP contribution >= 0.6 is 0 Å². The van der Waals surface area contributed by atoms with Gasteiger partial charge in [-0.3, -0.25) is 4.68 Å². The smallest absolute Gasteiger partial charge is 0.146 e. The molecule has 5 rings (SSSR count). The Kier molecular flexibility index (Phi) is 4.53. The zero-order valence-electron chi connectivity index (χ0n) is 17.4. The first-order chi connectivity index (χ1) is 15.1. The third-order valence-corrected chi connectivity index (χ3v) is 5.09. The molecule has 0 saturated heterocycles. The van der Waals surface area contributed by atoms with Crippen LogP contribution in [0.4, 0.5) is 0 Å². The molecule has 0 radical (unpaired) electrons. The van der Waals surface area contributed by atoms with Crippen molar-refractivity contribution in [3.63, 3.8) is 0 Å². The molecule has 4 heterocycles. The van der Waals surface area contributed by atoms with E-state index < -0.39 is 0 Å². The van der Waals surface area contributed by atoms with Crippen LogP contribution < -0.4 is 4.74 Å². The fourth-order valence-corrected chi connectivity index (χ4v) is 3.49. The number of para-hydroxylation sites is 1. The molecule has 7 nitrogen and oxygen atoms in total. The number of benzene rings is 1. The van der Waals surface area contributed by atoms with E-state index in [-0.39, 0.29) is 0 Å². The molecule has 0 fully saturated rings. The molecule has 152 valence electrons. The van der Waals surface area contributed by atoms with E-state index in [4.69, 9.17) is 4.74 Å². The van der Waals surface area contributed by atoms with Gasteiger partial charge in [0.05, 0.1) is 42.0 Å². The van der Waals surface area contributed by atoms with Crippen molar-refractivity contribution in [3.8, 4) is 34.4 Å². The van der Waals surface area contributed by atoms with Crippen LogP contribution in [0.3, 0.4) is 0 Å². The van der Waals surface area contributed by atoms with Gasteiger partial charge in [-0.05, 0) is 25.1 Å². The fourth-order valence-electron chi connectivity index (χ4n) is 3.49. The molecule has 0 bridgehead atoms. The minimum Gasteiger partial charge on any atom is -0.494 e. The first kappa shape index (κ1) is 18.7. The molecule has 0 aliphatic heterocycles. The van der Waals surface area contributed by atoms with Crippen LogP contribution in [0.1, 0.15) is 16.8 Å². The Bertz CT molecular complexity index is 1450. The molecule has 1 aromatic carbocycles. The molecule has 0 N–H and O–H groups in total. The number of hydrogen-bond donors (Lipinski definition) is 0. The van der Waals surface area contributed by atoms with Gasteiger partial charge in [-0.1, -0.05) is 30.0 Å². The Morgan fingerprint density at radius 3 is 2.45 bits per heavy atom. The number of fused-ring (bicyclic) bond motifs is 1. The van der Waals surface area contributed by atoms with E-state index in [0.717, 1.165) is 39.2 Å². The number of nitrogens with zero attached hydrogens (tertiary/aromatic N) is 6. The Hall–Kier alpha value is -4.31. The molecular weight excluding hydrogens is 388 g/mol. The third kappa shape index (κ3) is 3.45. The number of methoxy groups -OCH3 is 1. The lowest BCUT2D eigenvalue weighted by Gasteiger charge is -2.06. The highest BCUT2D eigenvalue weighted by molar-refractivity contribution is 5.75. The number of aryl methyl sites for hydroxylation is 2. The molecule has 5 aromatic rings. The lowest BCUT2D eigenvalue weighted by atomic mass is 10.1. The molecule has 31 heavy (non-hydrogen) atoms.